The molecule has 37 heavy (non-hydrogen) atoms. The van der Waals surface area contributed by atoms with Crippen LogP contribution in [0.2, 0.25) is 0 Å². The van der Waals surface area contributed by atoms with Gasteiger partial charge in [-0.2, -0.15) is 0 Å². The third-order valence-electron chi connectivity index (χ3n) is 12.2. The highest BCUT2D eigenvalue weighted by Crippen LogP contribution is 2.72. The maximum Gasteiger partial charge on any atom is 0.303 e. The maximum absolute atomic E-state index is 11.6. The zero-order valence-electron chi connectivity index (χ0n) is 24.4. The van der Waals surface area contributed by atoms with Gasteiger partial charge in [0.15, 0.2) is 0 Å². The number of hydrogen-bond acceptors (Lipinski definition) is 4. The standard InChI is InChI=1S/C32H53ClO3S/c1-20(2)8-7-9-21(3)26-10-11-27-25-17-32(35-18-24(19-37-32)36-22(4)34)29-16-23(33)12-14-31(29,6)28(25)13-15-30(26,27)5/h20-21,23-29H,7-19H2,1-6H3/t21-,23+,24?,25+,26-,27+,28+,29+,30-,31-,32+/m1/s1. The molecule has 0 aromatic heterocycles. The topological polar surface area (TPSA) is 35.5 Å². The highest BCUT2D eigenvalue weighted by molar-refractivity contribution is 8.00. The molecule has 3 nitrogen and oxygen atoms in total. The molecule has 1 aliphatic heterocycles. The quantitative estimate of drug-likeness (QED) is 0.244. The molecule has 1 unspecified atom stereocenters. The fourth-order valence-corrected chi connectivity index (χ4v) is 12.4. The Morgan fingerprint density at radius 2 is 1.78 bits per heavy atom. The monoisotopic (exact) mass is 552 g/mol. The molecule has 1 saturated heterocycles. The Hall–Kier alpha value is 0.0700. The van der Waals surface area contributed by atoms with E-state index in [1.165, 1.54) is 64.7 Å². The van der Waals surface area contributed by atoms with Gasteiger partial charge >= 0.3 is 5.97 Å². The van der Waals surface area contributed by atoms with Gasteiger partial charge in [-0.15, -0.1) is 23.4 Å². The van der Waals surface area contributed by atoms with Crippen molar-refractivity contribution >= 4 is 29.3 Å². The zero-order chi connectivity index (χ0) is 26.6. The van der Waals surface area contributed by atoms with Gasteiger partial charge < -0.3 is 9.47 Å². The maximum atomic E-state index is 11.6. The molecular formula is C32H53ClO3S. The van der Waals surface area contributed by atoms with Crippen molar-refractivity contribution in [2.24, 2.45) is 52.3 Å². The van der Waals surface area contributed by atoms with E-state index in [9.17, 15) is 4.79 Å². The van der Waals surface area contributed by atoms with Gasteiger partial charge in [0.05, 0.1) is 6.61 Å². The lowest BCUT2D eigenvalue weighted by molar-refractivity contribution is -0.200. The van der Waals surface area contributed by atoms with Crippen LogP contribution in [-0.2, 0) is 14.3 Å². The lowest BCUT2D eigenvalue weighted by atomic mass is 9.43. The Kier molecular flexibility index (Phi) is 8.35. The minimum atomic E-state index is -0.195. The van der Waals surface area contributed by atoms with Gasteiger partial charge in [-0.25, -0.2) is 0 Å². The van der Waals surface area contributed by atoms with Crippen LogP contribution >= 0.6 is 23.4 Å². The van der Waals surface area contributed by atoms with Crippen LogP contribution in [0.25, 0.3) is 0 Å². The summed E-state index contributed by atoms with van der Waals surface area (Å²) in [7, 11) is 0. The second kappa shape index (κ2) is 10.8. The number of carbonyl (C=O) groups is 1. The fourth-order valence-electron chi connectivity index (χ4n) is 10.5. The first-order chi connectivity index (χ1) is 17.5. The van der Waals surface area contributed by atoms with E-state index in [1.807, 2.05) is 11.8 Å². The van der Waals surface area contributed by atoms with Crippen molar-refractivity contribution in [3.8, 4) is 0 Å². The summed E-state index contributed by atoms with van der Waals surface area (Å²) in [6, 6.07) is 0. The highest BCUT2D eigenvalue weighted by Gasteiger charge is 2.67. The van der Waals surface area contributed by atoms with Crippen molar-refractivity contribution < 1.29 is 14.3 Å². The Labute approximate surface area is 236 Å². The summed E-state index contributed by atoms with van der Waals surface area (Å²) < 4.78 is 12.5. The van der Waals surface area contributed by atoms with Crippen molar-refractivity contribution in [1.29, 1.82) is 0 Å². The third kappa shape index (κ3) is 5.16. The number of halogens is 1. The van der Waals surface area contributed by atoms with Crippen molar-refractivity contribution in [2.45, 2.75) is 129 Å². The van der Waals surface area contributed by atoms with Crippen molar-refractivity contribution in [2.75, 3.05) is 12.4 Å². The number of esters is 1. The van der Waals surface area contributed by atoms with E-state index in [0.717, 1.165) is 54.1 Å². The average Bonchev–Trinajstić information content (AvgIpc) is 3.19. The van der Waals surface area contributed by atoms with Crippen LogP contribution in [0.1, 0.15) is 112 Å². The van der Waals surface area contributed by atoms with Crippen LogP contribution in [0.5, 0.6) is 0 Å². The molecule has 0 radical (unpaired) electrons. The van der Waals surface area contributed by atoms with E-state index >= 15 is 0 Å². The number of fused-ring (bicyclic) bond motifs is 6. The first kappa shape index (κ1) is 28.6. The molecular weight excluding hydrogens is 500 g/mol. The summed E-state index contributed by atoms with van der Waals surface area (Å²) in [6.45, 7) is 14.7. The lowest BCUT2D eigenvalue weighted by Gasteiger charge is -2.66. The van der Waals surface area contributed by atoms with Gasteiger partial charge in [-0.3, -0.25) is 4.79 Å². The van der Waals surface area contributed by atoms with Crippen LogP contribution in [0.4, 0.5) is 0 Å². The molecule has 0 aromatic rings. The second-order valence-electron chi connectivity index (χ2n) is 14.7. The summed E-state index contributed by atoms with van der Waals surface area (Å²) in [4.78, 5) is 11.5. The molecule has 5 heteroatoms. The van der Waals surface area contributed by atoms with E-state index in [-0.39, 0.29) is 22.4 Å². The Morgan fingerprint density at radius 1 is 1.05 bits per heavy atom. The Morgan fingerprint density at radius 3 is 2.46 bits per heavy atom. The van der Waals surface area contributed by atoms with Crippen molar-refractivity contribution in [3.05, 3.63) is 0 Å². The highest BCUT2D eigenvalue weighted by atomic mass is 35.5. The summed E-state index contributed by atoms with van der Waals surface area (Å²) in [6.07, 6.45) is 14.3. The van der Waals surface area contributed by atoms with Crippen molar-refractivity contribution in [1.82, 2.24) is 0 Å². The molecule has 5 fully saturated rings. The molecule has 212 valence electrons. The molecule has 1 spiro atoms. The van der Waals surface area contributed by atoms with Crippen molar-refractivity contribution in [3.63, 3.8) is 0 Å². The molecule has 0 aromatic carbocycles. The number of alkyl halides is 1. The van der Waals surface area contributed by atoms with Crippen LogP contribution in [0.15, 0.2) is 0 Å². The van der Waals surface area contributed by atoms with Crippen LogP contribution in [0.3, 0.4) is 0 Å². The predicted molar refractivity (Wildman–Crippen MR) is 155 cm³/mol. The van der Waals surface area contributed by atoms with Gasteiger partial charge in [-0.05, 0) is 97.7 Å². The second-order valence-corrected chi connectivity index (χ2v) is 16.6. The first-order valence-electron chi connectivity index (χ1n) is 15.6. The van der Waals surface area contributed by atoms with E-state index < -0.39 is 0 Å². The number of rotatable bonds is 6. The van der Waals surface area contributed by atoms with Crippen LogP contribution in [0, 0.1) is 52.3 Å². The molecule has 11 atom stereocenters. The average molecular weight is 553 g/mol. The number of thioether (sulfide) groups is 1. The summed E-state index contributed by atoms with van der Waals surface area (Å²) in [5, 5.41) is 0.262. The van der Waals surface area contributed by atoms with Gasteiger partial charge in [0.25, 0.3) is 0 Å². The molecule has 1 heterocycles. The van der Waals surface area contributed by atoms with E-state index in [2.05, 4.69) is 34.6 Å². The summed E-state index contributed by atoms with van der Waals surface area (Å²) >= 11 is 8.84. The number of carbonyl (C=O) groups excluding carboxylic acids is 1. The van der Waals surface area contributed by atoms with E-state index in [4.69, 9.17) is 21.1 Å². The minimum absolute atomic E-state index is 0.119. The van der Waals surface area contributed by atoms with Gasteiger partial charge in [0, 0.05) is 24.0 Å². The van der Waals surface area contributed by atoms with E-state index in [1.54, 1.807) is 0 Å². The largest absolute Gasteiger partial charge is 0.459 e. The zero-order valence-corrected chi connectivity index (χ0v) is 26.0. The Balaban J connectivity index is 1.39. The van der Waals surface area contributed by atoms with Crippen LogP contribution < -0.4 is 0 Å². The molecule has 0 amide bonds. The summed E-state index contributed by atoms with van der Waals surface area (Å²) in [5.41, 5.74) is 0.782. The smallest absolute Gasteiger partial charge is 0.303 e. The molecule has 5 aliphatic rings. The molecule has 5 rings (SSSR count). The van der Waals surface area contributed by atoms with E-state index in [0.29, 0.717) is 23.4 Å². The minimum Gasteiger partial charge on any atom is -0.459 e. The Bertz CT molecular complexity index is 825. The normalized spacial score (nSPS) is 48.3. The predicted octanol–water partition coefficient (Wildman–Crippen LogP) is 8.72. The van der Waals surface area contributed by atoms with Gasteiger partial charge in [-0.1, -0.05) is 53.9 Å². The lowest BCUT2D eigenvalue weighted by Crippen LogP contribution is -2.64. The number of hydrogen-bond donors (Lipinski definition) is 0. The first-order valence-corrected chi connectivity index (χ1v) is 17.0. The van der Waals surface area contributed by atoms with Gasteiger partial charge in [0.1, 0.15) is 11.0 Å². The number of ether oxygens (including phenoxy) is 2. The fraction of sp³-hybridized carbons (Fsp3) is 0.969. The van der Waals surface area contributed by atoms with Crippen LogP contribution in [-0.4, -0.2) is 34.7 Å². The molecule has 4 saturated carbocycles. The molecule has 4 aliphatic carbocycles. The summed E-state index contributed by atoms with van der Waals surface area (Å²) in [5.74, 6) is 6.06. The van der Waals surface area contributed by atoms with Gasteiger partial charge in [0.2, 0.25) is 0 Å². The SMILES string of the molecule is CC(=O)OC1CO[C@@]2(C[C@H]3[C@@H]4CC[C@H]([C@H](C)CCCC(C)C)[C@@]4(C)CC[C@@H]3[C@@]3(C)CC[C@H](Cl)C[C@@H]32)SC1. The third-order valence-corrected chi connectivity index (χ3v) is 14.2. The molecule has 0 N–H and O–H groups in total. The molecule has 0 bridgehead atoms.